The summed E-state index contributed by atoms with van der Waals surface area (Å²) < 4.78 is 5.79. The monoisotopic (exact) mass is 435 g/mol. The van der Waals surface area contributed by atoms with Gasteiger partial charge in [0.1, 0.15) is 5.25 Å². The van der Waals surface area contributed by atoms with Crippen LogP contribution < -0.4 is 5.32 Å². The van der Waals surface area contributed by atoms with Crippen molar-refractivity contribution in [2.75, 3.05) is 5.32 Å². The van der Waals surface area contributed by atoms with E-state index in [4.69, 9.17) is 16.0 Å². The normalized spacial score (nSPS) is 11.8. The van der Waals surface area contributed by atoms with Gasteiger partial charge in [-0.3, -0.25) is 4.79 Å². The lowest BCUT2D eigenvalue weighted by Crippen LogP contribution is -2.19. The number of amides is 1. The minimum Gasteiger partial charge on any atom is -0.411 e. The van der Waals surface area contributed by atoms with Crippen molar-refractivity contribution in [3.05, 3.63) is 95.0 Å². The Morgan fingerprint density at radius 3 is 2.50 bits per heavy atom. The van der Waals surface area contributed by atoms with Crippen molar-refractivity contribution in [3.8, 4) is 11.5 Å². The molecule has 150 valence electrons. The van der Waals surface area contributed by atoms with Gasteiger partial charge in [0.2, 0.25) is 11.8 Å². The zero-order chi connectivity index (χ0) is 20.9. The number of nitrogens with one attached hydrogen (secondary N) is 1. The first-order valence-corrected chi connectivity index (χ1v) is 10.5. The molecule has 1 N–H and O–H groups in total. The van der Waals surface area contributed by atoms with E-state index in [2.05, 4.69) is 15.5 Å². The first-order chi connectivity index (χ1) is 14.6. The first kappa shape index (κ1) is 20.2. The molecule has 4 rings (SSSR count). The average Bonchev–Trinajstić information content (AvgIpc) is 3.23. The molecule has 0 saturated heterocycles. The Labute approximate surface area is 183 Å². The second-order valence-corrected chi connectivity index (χ2v) is 8.14. The van der Waals surface area contributed by atoms with E-state index in [9.17, 15) is 4.79 Å². The predicted octanol–water partition coefficient (Wildman–Crippen LogP) is 6.17. The standard InChI is InChI=1S/C23H18ClN3O2S/c1-15-10-12-19(13-11-15)25-21(28)20(16-6-3-2-4-7-16)30-23-27-26-22(29-23)17-8-5-9-18(24)14-17/h2-14,20H,1H3,(H,25,28). The molecule has 5 nitrogen and oxygen atoms in total. The molecule has 0 aliphatic heterocycles. The number of aryl methyl sites for hydroxylation is 1. The molecule has 30 heavy (non-hydrogen) atoms. The molecule has 0 bridgehead atoms. The van der Waals surface area contributed by atoms with Crippen LogP contribution in [0.2, 0.25) is 5.02 Å². The summed E-state index contributed by atoms with van der Waals surface area (Å²) in [7, 11) is 0. The number of halogens is 1. The topological polar surface area (TPSA) is 68.0 Å². The van der Waals surface area contributed by atoms with Crippen LogP contribution in [0.5, 0.6) is 0 Å². The molecule has 3 aromatic carbocycles. The van der Waals surface area contributed by atoms with Gasteiger partial charge in [0, 0.05) is 16.3 Å². The summed E-state index contributed by atoms with van der Waals surface area (Å²) in [4.78, 5) is 13.1. The summed E-state index contributed by atoms with van der Waals surface area (Å²) >= 11 is 7.25. The molecule has 1 aromatic heterocycles. The van der Waals surface area contributed by atoms with Crippen LogP contribution in [0.15, 0.2) is 88.5 Å². The zero-order valence-electron chi connectivity index (χ0n) is 16.1. The van der Waals surface area contributed by atoms with Crippen LogP contribution in [-0.2, 0) is 4.79 Å². The smallest absolute Gasteiger partial charge is 0.277 e. The van der Waals surface area contributed by atoms with E-state index in [1.54, 1.807) is 12.1 Å². The summed E-state index contributed by atoms with van der Waals surface area (Å²) in [5.74, 6) is 0.184. The number of hydrogen-bond acceptors (Lipinski definition) is 5. The van der Waals surface area contributed by atoms with Crippen LogP contribution in [0, 0.1) is 6.92 Å². The summed E-state index contributed by atoms with van der Waals surface area (Å²) in [6.07, 6.45) is 0. The van der Waals surface area contributed by atoms with E-state index >= 15 is 0 Å². The van der Waals surface area contributed by atoms with Gasteiger partial charge < -0.3 is 9.73 Å². The highest BCUT2D eigenvalue weighted by molar-refractivity contribution is 8.00. The van der Waals surface area contributed by atoms with E-state index in [1.165, 1.54) is 11.8 Å². The summed E-state index contributed by atoms with van der Waals surface area (Å²) in [5.41, 5.74) is 3.43. The second kappa shape index (κ2) is 9.15. The minimum atomic E-state index is -0.555. The fourth-order valence-electron chi connectivity index (χ4n) is 2.84. The van der Waals surface area contributed by atoms with E-state index in [1.807, 2.05) is 73.7 Å². The summed E-state index contributed by atoms with van der Waals surface area (Å²) in [6.45, 7) is 2.00. The molecule has 0 aliphatic rings. The van der Waals surface area contributed by atoms with Crippen molar-refractivity contribution in [1.82, 2.24) is 10.2 Å². The maximum Gasteiger partial charge on any atom is 0.277 e. The Hall–Kier alpha value is -3.09. The van der Waals surface area contributed by atoms with Crippen molar-refractivity contribution in [2.24, 2.45) is 0 Å². The van der Waals surface area contributed by atoms with Crippen molar-refractivity contribution in [3.63, 3.8) is 0 Å². The number of aromatic nitrogens is 2. The van der Waals surface area contributed by atoms with Gasteiger partial charge in [-0.05, 0) is 54.6 Å². The SMILES string of the molecule is Cc1ccc(NC(=O)C(Sc2nnc(-c3cccc(Cl)c3)o2)c2ccccc2)cc1. The Bertz CT molecular complexity index is 1150. The first-order valence-electron chi connectivity index (χ1n) is 9.27. The Balaban J connectivity index is 1.58. The summed E-state index contributed by atoms with van der Waals surface area (Å²) in [6, 6.07) is 24.4. The molecule has 7 heteroatoms. The van der Waals surface area contributed by atoms with Crippen LogP contribution in [0.4, 0.5) is 5.69 Å². The third-order valence-corrected chi connectivity index (χ3v) is 5.68. The fraction of sp³-hybridized carbons (Fsp3) is 0.0870. The molecule has 1 atom stereocenters. The van der Waals surface area contributed by atoms with E-state index in [-0.39, 0.29) is 5.91 Å². The molecule has 1 heterocycles. The van der Waals surface area contributed by atoms with E-state index in [0.29, 0.717) is 16.1 Å². The number of anilines is 1. The third kappa shape index (κ3) is 4.90. The van der Waals surface area contributed by atoms with E-state index < -0.39 is 5.25 Å². The number of nitrogens with zero attached hydrogens (tertiary/aromatic N) is 2. The highest BCUT2D eigenvalue weighted by Gasteiger charge is 2.25. The lowest BCUT2D eigenvalue weighted by molar-refractivity contribution is -0.115. The Kier molecular flexibility index (Phi) is 6.16. The number of carbonyl (C=O) groups is 1. The Morgan fingerprint density at radius 1 is 1.00 bits per heavy atom. The van der Waals surface area contributed by atoms with Crippen molar-refractivity contribution in [1.29, 1.82) is 0 Å². The predicted molar refractivity (Wildman–Crippen MR) is 120 cm³/mol. The third-order valence-electron chi connectivity index (χ3n) is 4.36. The average molecular weight is 436 g/mol. The molecular formula is C23H18ClN3O2S. The number of benzene rings is 3. The van der Waals surface area contributed by atoms with Gasteiger partial charge >= 0.3 is 0 Å². The van der Waals surface area contributed by atoms with Crippen LogP contribution in [0.25, 0.3) is 11.5 Å². The largest absolute Gasteiger partial charge is 0.411 e. The molecule has 1 unspecified atom stereocenters. The number of hydrogen-bond donors (Lipinski definition) is 1. The van der Waals surface area contributed by atoms with Crippen LogP contribution in [0.3, 0.4) is 0 Å². The fourth-order valence-corrected chi connectivity index (χ4v) is 3.91. The number of thioether (sulfide) groups is 1. The number of carbonyl (C=O) groups excluding carboxylic acids is 1. The molecular weight excluding hydrogens is 418 g/mol. The van der Waals surface area contributed by atoms with Gasteiger partial charge in [0.05, 0.1) is 0 Å². The summed E-state index contributed by atoms with van der Waals surface area (Å²) in [5, 5.41) is 11.5. The molecule has 0 aliphatic carbocycles. The van der Waals surface area contributed by atoms with Crippen molar-refractivity contribution >= 4 is 35.0 Å². The quantitative estimate of drug-likeness (QED) is 0.367. The van der Waals surface area contributed by atoms with Crippen LogP contribution in [0.1, 0.15) is 16.4 Å². The van der Waals surface area contributed by atoms with Gasteiger partial charge in [-0.2, -0.15) is 0 Å². The second-order valence-electron chi connectivity index (χ2n) is 6.65. The highest BCUT2D eigenvalue weighted by atomic mass is 35.5. The molecule has 0 radical (unpaired) electrons. The maximum absolute atomic E-state index is 13.1. The van der Waals surface area contributed by atoms with Crippen molar-refractivity contribution < 1.29 is 9.21 Å². The molecule has 1 amide bonds. The van der Waals surface area contributed by atoms with Crippen molar-refractivity contribution in [2.45, 2.75) is 17.4 Å². The lowest BCUT2D eigenvalue weighted by Gasteiger charge is -2.15. The van der Waals surface area contributed by atoms with Gasteiger partial charge in [-0.1, -0.05) is 65.7 Å². The Morgan fingerprint density at radius 2 is 1.77 bits per heavy atom. The molecule has 4 aromatic rings. The van der Waals surface area contributed by atoms with E-state index in [0.717, 1.165) is 22.4 Å². The van der Waals surface area contributed by atoms with Gasteiger partial charge in [0.25, 0.3) is 5.22 Å². The van der Waals surface area contributed by atoms with Gasteiger partial charge in [-0.25, -0.2) is 0 Å². The van der Waals surface area contributed by atoms with Crippen LogP contribution >= 0.6 is 23.4 Å². The number of rotatable bonds is 6. The zero-order valence-corrected chi connectivity index (χ0v) is 17.7. The molecule has 0 saturated carbocycles. The minimum absolute atomic E-state index is 0.169. The van der Waals surface area contributed by atoms with Crippen LogP contribution in [-0.4, -0.2) is 16.1 Å². The molecule has 0 spiro atoms. The van der Waals surface area contributed by atoms with Gasteiger partial charge in [0.15, 0.2) is 0 Å². The van der Waals surface area contributed by atoms with Gasteiger partial charge in [-0.15, -0.1) is 10.2 Å². The maximum atomic E-state index is 13.1. The molecule has 0 fully saturated rings. The highest BCUT2D eigenvalue weighted by Crippen LogP contribution is 2.36. The lowest BCUT2D eigenvalue weighted by atomic mass is 10.1.